The molecule has 156 valence electrons. The summed E-state index contributed by atoms with van der Waals surface area (Å²) >= 11 is 0. The number of phenols is 1. The molecule has 1 fully saturated rings. The number of hydrogen-bond donors (Lipinski definition) is 4. The molecular formula is C23H27N5O2. The minimum absolute atomic E-state index is 0.0203. The van der Waals surface area contributed by atoms with Crippen molar-refractivity contribution in [3.05, 3.63) is 65.7 Å². The van der Waals surface area contributed by atoms with Gasteiger partial charge in [0.25, 0.3) is 5.91 Å². The fraction of sp³-hybridized carbons (Fsp3) is 0.348. The van der Waals surface area contributed by atoms with Crippen LogP contribution in [0.2, 0.25) is 0 Å². The van der Waals surface area contributed by atoms with E-state index >= 15 is 0 Å². The molecule has 3 rings (SSSR count). The summed E-state index contributed by atoms with van der Waals surface area (Å²) < 4.78 is 0. The van der Waals surface area contributed by atoms with Crippen molar-refractivity contribution in [3.63, 3.8) is 0 Å². The van der Waals surface area contributed by atoms with Gasteiger partial charge < -0.3 is 15.7 Å². The molecule has 4 N–H and O–H groups in total. The highest BCUT2D eigenvalue weighted by atomic mass is 16.3. The number of aromatic hydroxyl groups is 1. The van der Waals surface area contributed by atoms with Crippen LogP contribution < -0.4 is 16.0 Å². The third-order valence-corrected chi connectivity index (χ3v) is 5.80. The molecule has 1 saturated carbocycles. The number of carbonyl (C=O) groups excluding carboxylic acids is 1. The van der Waals surface area contributed by atoms with Crippen LogP contribution in [0.25, 0.3) is 0 Å². The van der Waals surface area contributed by atoms with Gasteiger partial charge >= 0.3 is 0 Å². The van der Waals surface area contributed by atoms with Gasteiger partial charge in [-0.2, -0.15) is 5.26 Å². The average Bonchev–Trinajstić information content (AvgIpc) is 2.79. The molecule has 0 spiro atoms. The Bertz CT molecular complexity index is 928. The molecule has 0 aromatic heterocycles. The highest BCUT2D eigenvalue weighted by Crippen LogP contribution is 2.39. The molecule has 0 atom stereocenters. The summed E-state index contributed by atoms with van der Waals surface area (Å²) in [4.78, 5) is 16.7. The van der Waals surface area contributed by atoms with Crippen molar-refractivity contribution in [2.75, 3.05) is 13.6 Å². The zero-order valence-electron chi connectivity index (χ0n) is 17.1. The van der Waals surface area contributed by atoms with Crippen molar-refractivity contribution in [3.8, 4) is 11.9 Å². The minimum Gasteiger partial charge on any atom is -0.507 e. The summed E-state index contributed by atoms with van der Waals surface area (Å²) in [6, 6.07) is 17.0. The van der Waals surface area contributed by atoms with E-state index in [9.17, 15) is 9.90 Å². The van der Waals surface area contributed by atoms with Crippen LogP contribution in [-0.4, -0.2) is 36.6 Å². The van der Waals surface area contributed by atoms with Crippen molar-refractivity contribution >= 4 is 11.9 Å². The van der Waals surface area contributed by atoms with Crippen LogP contribution in [0.1, 0.15) is 41.6 Å². The Hall–Kier alpha value is -3.53. The topological polar surface area (TPSA) is 110 Å². The SMILES string of the molecule is CN=C(NC#N)NC1CCC(CNC(=O)c2ccccc2O)(c2ccccc2)CC1. The molecule has 0 aliphatic heterocycles. The second-order valence-corrected chi connectivity index (χ2v) is 7.57. The maximum absolute atomic E-state index is 12.7. The molecule has 1 aliphatic carbocycles. The first kappa shape index (κ1) is 21.2. The fourth-order valence-corrected chi connectivity index (χ4v) is 4.09. The fourth-order valence-electron chi connectivity index (χ4n) is 4.09. The molecule has 1 aliphatic rings. The summed E-state index contributed by atoms with van der Waals surface area (Å²) in [5, 5.41) is 27.7. The molecule has 0 radical (unpaired) electrons. The predicted molar refractivity (Wildman–Crippen MR) is 116 cm³/mol. The van der Waals surface area contributed by atoms with Crippen LogP contribution in [0, 0.1) is 11.5 Å². The number of aliphatic imine (C=N–C) groups is 1. The highest BCUT2D eigenvalue weighted by Gasteiger charge is 2.37. The van der Waals surface area contributed by atoms with Crippen molar-refractivity contribution in [1.29, 1.82) is 5.26 Å². The summed E-state index contributed by atoms with van der Waals surface area (Å²) in [5.41, 5.74) is 1.29. The zero-order valence-corrected chi connectivity index (χ0v) is 17.1. The first-order valence-corrected chi connectivity index (χ1v) is 10.1. The normalized spacial score (nSPS) is 21.3. The number of guanidine groups is 1. The smallest absolute Gasteiger partial charge is 0.255 e. The summed E-state index contributed by atoms with van der Waals surface area (Å²) in [6.45, 7) is 0.488. The van der Waals surface area contributed by atoms with E-state index in [1.54, 1.807) is 25.2 Å². The number of para-hydroxylation sites is 1. The second kappa shape index (κ2) is 9.79. The number of phenolic OH excluding ortho intramolecular Hbond substituents is 1. The average molecular weight is 406 g/mol. The van der Waals surface area contributed by atoms with E-state index in [1.807, 2.05) is 24.4 Å². The number of rotatable bonds is 5. The molecule has 2 aromatic rings. The van der Waals surface area contributed by atoms with E-state index in [2.05, 4.69) is 33.1 Å². The standard InChI is InChI=1S/C23H27N5O2/c1-25-22(27-16-24)28-18-11-13-23(14-12-18,17-7-3-2-4-8-17)15-26-21(30)19-9-5-6-10-20(19)29/h2-10,18,29H,11-15H2,1H3,(H,26,30)(H2,25,27,28). The van der Waals surface area contributed by atoms with Crippen LogP contribution in [0.3, 0.4) is 0 Å². The second-order valence-electron chi connectivity index (χ2n) is 7.57. The van der Waals surface area contributed by atoms with Gasteiger partial charge in [-0.15, -0.1) is 0 Å². The van der Waals surface area contributed by atoms with Crippen LogP contribution in [-0.2, 0) is 5.41 Å². The maximum atomic E-state index is 12.7. The van der Waals surface area contributed by atoms with Gasteiger partial charge in [0.05, 0.1) is 5.56 Å². The molecule has 0 heterocycles. The van der Waals surface area contributed by atoms with Gasteiger partial charge in [0.15, 0.2) is 6.19 Å². The van der Waals surface area contributed by atoms with Crippen LogP contribution in [0.15, 0.2) is 59.6 Å². The molecule has 2 aromatic carbocycles. The summed E-state index contributed by atoms with van der Waals surface area (Å²) in [7, 11) is 1.64. The number of nitrogens with zero attached hydrogens (tertiary/aromatic N) is 2. The van der Waals surface area contributed by atoms with Gasteiger partial charge in [-0.05, 0) is 43.4 Å². The Morgan fingerprint density at radius 3 is 2.47 bits per heavy atom. The van der Waals surface area contributed by atoms with Crippen molar-refractivity contribution in [2.45, 2.75) is 37.1 Å². The Balaban J connectivity index is 1.72. The largest absolute Gasteiger partial charge is 0.507 e. The third kappa shape index (κ3) is 4.90. The lowest BCUT2D eigenvalue weighted by Crippen LogP contribution is -2.49. The Kier molecular flexibility index (Phi) is 6.91. The van der Waals surface area contributed by atoms with E-state index in [0.717, 1.165) is 25.7 Å². The molecule has 7 heteroatoms. The van der Waals surface area contributed by atoms with Crippen molar-refractivity contribution in [2.24, 2.45) is 4.99 Å². The first-order chi connectivity index (χ1) is 14.6. The molecule has 0 unspecified atom stereocenters. The van der Waals surface area contributed by atoms with Crippen molar-refractivity contribution in [1.82, 2.24) is 16.0 Å². The van der Waals surface area contributed by atoms with Crippen molar-refractivity contribution < 1.29 is 9.90 Å². The summed E-state index contributed by atoms with van der Waals surface area (Å²) in [6.07, 6.45) is 5.41. The quantitative estimate of drug-likeness (QED) is 0.265. The zero-order chi connectivity index (χ0) is 21.4. The lowest BCUT2D eigenvalue weighted by atomic mass is 9.68. The number of nitriles is 1. The van der Waals surface area contributed by atoms with Gasteiger partial charge in [-0.3, -0.25) is 15.1 Å². The van der Waals surface area contributed by atoms with E-state index < -0.39 is 0 Å². The van der Waals surface area contributed by atoms with Gasteiger partial charge in [-0.25, -0.2) is 0 Å². The molecule has 30 heavy (non-hydrogen) atoms. The molecular weight excluding hydrogens is 378 g/mol. The number of carbonyl (C=O) groups is 1. The van der Waals surface area contributed by atoms with E-state index in [1.165, 1.54) is 11.6 Å². The monoisotopic (exact) mass is 405 g/mol. The minimum atomic E-state index is -0.276. The maximum Gasteiger partial charge on any atom is 0.255 e. The van der Waals surface area contributed by atoms with Gasteiger partial charge in [0.2, 0.25) is 5.96 Å². The first-order valence-electron chi connectivity index (χ1n) is 10.1. The number of amides is 1. The molecule has 0 bridgehead atoms. The molecule has 7 nitrogen and oxygen atoms in total. The predicted octanol–water partition coefficient (Wildman–Crippen LogP) is 2.65. The number of benzene rings is 2. The van der Waals surface area contributed by atoms with Crippen LogP contribution in [0.4, 0.5) is 0 Å². The molecule has 1 amide bonds. The highest BCUT2D eigenvalue weighted by molar-refractivity contribution is 5.96. The van der Waals surface area contributed by atoms with Gasteiger partial charge in [-0.1, -0.05) is 42.5 Å². The van der Waals surface area contributed by atoms with Gasteiger partial charge in [0.1, 0.15) is 5.75 Å². The number of nitrogens with one attached hydrogen (secondary N) is 3. The van der Waals surface area contributed by atoms with E-state index in [4.69, 9.17) is 5.26 Å². The van der Waals surface area contributed by atoms with E-state index in [0.29, 0.717) is 12.5 Å². The van der Waals surface area contributed by atoms with Gasteiger partial charge in [0, 0.05) is 25.0 Å². The lowest BCUT2D eigenvalue weighted by molar-refractivity contribution is 0.0932. The van der Waals surface area contributed by atoms with Crippen LogP contribution >= 0.6 is 0 Å². The summed E-state index contributed by atoms with van der Waals surface area (Å²) in [5.74, 6) is 0.179. The Labute approximate surface area is 176 Å². The third-order valence-electron chi connectivity index (χ3n) is 5.80. The Morgan fingerprint density at radius 2 is 1.83 bits per heavy atom. The lowest BCUT2D eigenvalue weighted by Gasteiger charge is -2.41. The number of hydrogen-bond acceptors (Lipinski definition) is 4. The molecule has 0 saturated heterocycles. The van der Waals surface area contributed by atoms with E-state index in [-0.39, 0.29) is 28.7 Å². The Morgan fingerprint density at radius 1 is 1.17 bits per heavy atom. The van der Waals surface area contributed by atoms with Crippen LogP contribution in [0.5, 0.6) is 5.75 Å².